The molecule has 0 saturated heterocycles. The predicted molar refractivity (Wildman–Crippen MR) is 83.0 cm³/mol. The molecular weight excluding hydrogens is 291 g/mol. The summed E-state index contributed by atoms with van der Waals surface area (Å²) in [6, 6.07) is 3.72. The van der Waals surface area contributed by atoms with E-state index in [2.05, 4.69) is 10.0 Å². The summed E-state index contributed by atoms with van der Waals surface area (Å²) in [5, 5.41) is 3.07. The zero-order valence-electron chi connectivity index (χ0n) is 13.1. The van der Waals surface area contributed by atoms with E-state index in [1.165, 1.54) is 18.2 Å². The molecule has 120 valence electrons. The Hall–Kier alpha value is -0.980. The van der Waals surface area contributed by atoms with Crippen LogP contribution in [0.4, 0.5) is 4.39 Å². The molecule has 1 aromatic rings. The van der Waals surface area contributed by atoms with Crippen LogP contribution < -0.4 is 10.0 Å². The van der Waals surface area contributed by atoms with Crippen molar-refractivity contribution in [1.82, 2.24) is 10.0 Å². The van der Waals surface area contributed by atoms with Crippen LogP contribution in [0.2, 0.25) is 0 Å². The summed E-state index contributed by atoms with van der Waals surface area (Å²) in [6.45, 7) is 8.80. The first-order chi connectivity index (χ1) is 9.77. The fourth-order valence-corrected chi connectivity index (χ4v) is 3.14. The number of hydrogen-bond acceptors (Lipinski definition) is 3. The number of nitrogens with one attached hydrogen (secondary N) is 2. The highest BCUT2D eigenvalue weighted by Gasteiger charge is 2.20. The minimum atomic E-state index is -3.62. The van der Waals surface area contributed by atoms with Crippen LogP contribution in [-0.2, 0) is 16.6 Å². The van der Waals surface area contributed by atoms with Crippen molar-refractivity contribution in [3.05, 3.63) is 29.6 Å². The molecule has 0 aliphatic carbocycles. The molecule has 0 fully saturated rings. The Bertz CT molecular complexity index is 559. The summed E-state index contributed by atoms with van der Waals surface area (Å²) >= 11 is 0. The summed E-state index contributed by atoms with van der Waals surface area (Å²) in [4.78, 5) is 0.102. The summed E-state index contributed by atoms with van der Waals surface area (Å²) in [7, 11) is -3.62. The van der Waals surface area contributed by atoms with E-state index >= 15 is 0 Å². The van der Waals surface area contributed by atoms with Gasteiger partial charge in [0.1, 0.15) is 5.82 Å². The molecule has 0 bridgehead atoms. The molecule has 1 aromatic carbocycles. The summed E-state index contributed by atoms with van der Waals surface area (Å²) < 4.78 is 40.9. The minimum absolute atomic E-state index is 0.102. The number of hydrogen-bond donors (Lipinski definition) is 2. The normalized spacial score (nSPS) is 13.6. The van der Waals surface area contributed by atoms with E-state index in [1.807, 2.05) is 27.7 Å². The third-order valence-corrected chi connectivity index (χ3v) is 4.97. The second-order valence-corrected chi connectivity index (χ2v) is 7.30. The van der Waals surface area contributed by atoms with Crippen LogP contribution in [0.25, 0.3) is 0 Å². The van der Waals surface area contributed by atoms with Crippen LogP contribution in [0.3, 0.4) is 0 Å². The molecule has 6 heteroatoms. The first-order valence-corrected chi connectivity index (χ1v) is 8.77. The van der Waals surface area contributed by atoms with Crippen molar-refractivity contribution in [2.24, 2.45) is 5.92 Å². The van der Waals surface area contributed by atoms with E-state index in [1.54, 1.807) is 0 Å². The van der Waals surface area contributed by atoms with Gasteiger partial charge in [-0.25, -0.2) is 17.5 Å². The zero-order valence-corrected chi connectivity index (χ0v) is 13.9. The fraction of sp³-hybridized carbons (Fsp3) is 0.600. The van der Waals surface area contributed by atoms with E-state index in [-0.39, 0.29) is 16.9 Å². The molecule has 2 N–H and O–H groups in total. The number of benzene rings is 1. The Balaban J connectivity index is 2.94. The lowest BCUT2D eigenvalue weighted by atomic mass is 10.1. The third kappa shape index (κ3) is 5.37. The van der Waals surface area contributed by atoms with Crippen LogP contribution in [0.15, 0.2) is 23.1 Å². The number of rotatable bonds is 8. The van der Waals surface area contributed by atoms with E-state index in [4.69, 9.17) is 0 Å². The van der Waals surface area contributed by atoms with Gasteiger partial charge in [0, 0.05) is 18.2 Å². The highest BCUT2D eigenvalue weighted by Crippen LogP contribution is 2.16. The predicted octanol–water partition coefficient (Wildman–Crippen LogP) is 2.65. The van der Waals surface area contributed by atoms with Crippen LogP contribution in [0.1, 0.15) is 39.7 Å². The maximum Gasteiger partial charge on any atom is 0.240 e. The highest BCUT2D eigenvalue weighted by atomic mass is 32.2. The maximum atomic E-state index is 13.7. The molecule has 4 nitrogen and oxygen atoms in total. The average molecular weight is 316 g/mol. The monoisotopic (exact) mass is 316 g/mol. The van der Waals surface area contributed by atoms with Gasteiger partial charge in [-0.05, 0) is 44.0 Å². The molecule has 0 spiro atoms. The standard InChI is InChI=1S/C15H25FN2O2S/c1-5-8-17-10-13-9-14(6-7-15(13)16)21(19,20)18-12(4)11(2)3/h6-7,9,11-12,17-18H,5,8,10H2,1-4H3. The average Bonchev–Trinajstić information content (AvgIpc) is 2.40. The van der Waals surface area contributed by atoms with Gasteiger partial charge in [-0.1, -0.05) is 20.8 Å². The highest BCUT2D eigenvalue weighted by molar-refractivity contribution is 7.89. The van der Waals surface area contributed by atoms with E-state index in [0.29, 0.717) is 12.1 Å². The molecule has 0 radical (unpaired) electrons. The van der Waals surface area contributed by atoms with Gasteiger partial charge >= 0.3 is 0 Å². The first-order valence-electron chi connectivity index (χ1n) is 7.29. The van der Waals surface area contributed by atoms with Gasteiger partial charge in [-0.15, -0.1) is 0 Å². The number of sulfonamides is 1. The van der Waals surface area contributed by atoms with E-state index < -0.39 is 15.8 Å². The second-order valence-electron chi connectivity index (χ2n) is 5.58. The molecule has 0 aliphatic heterocycles. The Kier molecular flexibility index (Phi) is 6.77. The van der Waals surface area contributed by atoms with Crippen molar-refractivity contribution < 1.29 is 12.8 Å². The van der Waals surface area contributed by atoms with Gasteiger partial charge in [-0.3, -0.25) is 0 Å². The van der Waals surface area contributed by atoms with Crippen molar-refractivity contribution in [3.8, 4) is 0 Å². The molecular formula is C15H25FN2O2S. The van der Waals surface area contributed by atoms with Crippen LogP contribution in [0.5, 0.6) is 0 Å². The smallest absolute Gasteiger partial charge is 0.240 e. The van der Waals surface area contributed by atoms with Crippen molar-refractivity contribution in [2.75, 3.05) is 6.54 Å². The third-order valence-electron chi connectivity index (χ3n) is 3.41. The van der Waals surface area contributed by atoms with E-state index in [0.717, 1.165) is 13.0 Å². The van der Waals surface area contributed by atoms with E-state index in [9.17, 15) is 12.8 Å². The van der Waals surface area contributed by atoms with Crippen LogP contribution >= 0.6 is 0 Å². The topological polar surface area (TPSA) is 58.2 Å². The summed E-state index contributed by atoms with van der Waals surface area (Å²) in [6.07, 6.45) is 0.938. The largest absolute Gasteiger partial charge is 0.313 e. The van der Waals surface area contributed by atoms with Crippen LogP contribution in [-0.4, -0.2) is 21.0 Å². The van der Waals surface area contributed by atoms with Crippen molar-refractivity contribution in [2.45, 2.75) is 51.6 Å². The SMILES string of the molecule is CCCNCc1cc(S(=O)(=O)NC(C)C(C)C)ccc1F. The Morgan fingerprint density at radius 1 is 1.24 bits per heavy atom. The second kappa shape index (κ2) is 7.87. The molecule has 0 aromatic heterocycles. The Morgan fingerprint density at radius 2 is 1.90 bits per heavy atom. The van der Waals surface area contributed by atoms with Gasteiger partial charge in [0.15, 0.2) is 0 Å². The Labute approximate surface area is 127 Å². The fourth-order valence-electron chi connectivity index (χ4n) is 1.70. The molecule has 0 heterocycles. The number of halogens is 1. The Morgan fingerprint density at radius 3 is 2.48 bits per heavy atom. The van der Waals surface area contributed by atoms with Crippen molar-refractivity contribution in [3.63, 3.8) is 0 Å². The van der Waals surface area contributed by atoms with Gasteiger partial charge in [0.2, 0.25) is 10.0 Å². The summed E-state index contributed by atoms with van der Waals surface area (Å²) in [5.74, 6) is -0.208. The van der Waals surface area contributed by atoms with Crippen LogP contribution in [0, 0.1) is 11.7 Å². The summed E-state index contributed by atoms with van der Waals surface area (Å²) in [5.41, 5.74) is 0.364. The lowest BCUT2D eigenvalue weighted by molar-refractivity contribution is 0.476. The molecule has 1 rings (SSSR count). The lowest BCUT2D eigenvalue weighted by Gasteiger charge is -2.18. The van der Waals surface area contributed by atoms with Gasteiger partial charge in [0.05, 0.1) is 4.90 Å². The quantitative estimate of drug-likeness (QED) is 0.725. The minimum Gasteiger partial charge on any atom is -0.313 e. The molecule has 1 unspecified atom stereocenters. The van der Waals surface area contributed by atoms with Crippen molar-refractivity contribution >= 4 is 10.0 Å². The molecule has 0 amide bonds. The van der Waals surface area contributed by atoms with Gasteiger partial charge in [-0.2, -0.15) is 0 Å². The first kappa shape index (κ1) is 18.1. The lowest BCUT2D eigenvalue weighted by Crippen LogP contribution is -2.36. The molecule has 0 aliphatic rings. The molecule has 0 saturated carbocycles. The molecule has 1 atom stereocenters. The zero-order chi connectivity index (χ0) is 16.0. The van der Waals surface area contributed by atoms with Crippen molar-refractivity contribution in [1.29, 1.82) is 0 Å². The maximum absolute atomic E-state index is 13.7. The molecule has 21 heavy (non-hydrogen) atoms. The van der Waals surface area contributed by atoms with Gasteiger partial charge in [0.25, 0.3) is 0 Å². The van der Waals surface area contributed by atoms with Gasteiger partial charge < -0.3 is 5.32 Å².